The third kappa shape index (κ3) is 6.47. The number of halogens is 1. The van der Waals surface area contributed by atoms with E-state index in [9.17, 15) is 13.2 Å². The van der Waals surface area contributed by atoms with Crippen LogP contribution in [0.3, 0.4) is 0 Å². The number of nitrogens with one attached hydrogen (secondary N) is 2. The summed E-state index contributed by atoms with van der Waals surface area (Å²) in [6.45, 7) is 3.76. The Kier molecular flexibility index (Phi) is 7.97. The maximum Gasteiger partial charge on any atom is 0.255 e. The van der Waals surface area contributed by atoms with E-state index in [1.807, 2.05) is 18.2 Å². The second-order valence-corrected chi connectivity index (χ2v) is 9.62. The van der Waals surface area contributed by atoms with E-state index in [0.29, 0.717) is 28.7 Å². The Morgan fingerprint density at radius 2 is 1.73 bits per heavy atom. The standard InChI is InChI=1S/C24H25ClN2O5S/c1-16(2)27-33(29,30)20-12-13-23(31-3)22(14-20)26-24(28)17-8-10-19(11-9-17)32-15-18-6-4-5-7-21(18)25/h4-14,16,27H,15H2,1-3H3,(H,26,28). The number of rotatable bonds is 9. The minimum absolute atomic E-state index is 0.0237. The number of hydrogen-bond donors (Lipinski definition) is 2. The van der Waals surface area contributed by atoms with E-state index >= 15 is 0 Å². The number of ether oxygens (including phenoxy) is 2. The van der Waals surface area contributed by atoms with Gasteiger partial charge in [-0.2, -0.15) is 0 Å². The average molecular weight is 489 g/mol. The van der Waals surface area contributed by atoms with Crippen LogP contribution in [0.25, 0.3) is 0 Å². The van der Waals surface area contributed by atoms with E-state index in [4.69, 9.17) is 21.1 Å². The number of anilines is 1. The summed E-state index contributed by atoms with van der Waals surface area (Å²) < 4.78 is 38.5. The van der Waals surface area contributed by atoms with Crippen molar-refractivity contribution in [3.8, 4) is 11.5 Å². The Morgan fingerprint density at radius 1 is 1.03 bits per heavy atom. The molecule has 0 unspecified atom stereocenters. The van der Waals surface area contributed by atoms with Crippen LogP contribution in [0.5, 0.6) is 11.5 Å². The van der Waals surface area contributed by atoms with Gasteiger partial charge in [-0.15, -0.1) is 0 Å². The van der Waals surface area contributed by atoms with Gasteiger partial charge in [0.2, 0.25) is 10.0 Å². The first-order valence-corrected chi connectivity index (χ1v) is 12.0. The lowest BCUT2D eigenvalue weighted by molar-refractivity contribution is 0.102. The van der Waals surface area contributed by atoms with Crippen molar-refractivity contribution in [2.45, 2.75) is 31.4 Å². The smallest absolute Gasteiger partial charge is 0.255 e. The van der Waals surface area contributed by atoms with Crippen molar-refractivity contribution in [1.29, 1.82) is 0 Å². The lowest BCUT2D eigenvalue weighted by atomic mass is 10.2. The first-order chi connectivity index (χ1) is 15.7. The summed E-state index contributed by atoms with van der Waals surface area (Å²) in [5.41, 5.74) is 1.47. The van der Waals surface area contributed by atoms with Crippen LogP contribution in [0, 0.1) is 0 Å². The molecule has 3 rings (SSSR count). The lowest BCUT2D eigenvalue weighted by Crippen LogP contribution is -2.30. The highest BCUT2D eigenvalue weighted by Crippen LogP contribution is 2.28. The highest BCUT2D eigenvalue weighted by molar-refractivity contribution is 7.89. The molecule has 0 fully saturated rings. The summed E-state index contributed by atoms with van der Waals surface area (Å²) >= 11 is 6.14. The molecule has 9 heteroatoms. The molecule has 0 aliphatic rings. The molecule has 174 valence electrons. The van der Waals surface area contributed by atoms with Gasteiger partial charge in [0, 0.05) is 22.2 Å². The maximum absolute atomic E-state index is 12.8. The minimum atomic E-state index is -3.73. The van der Waals surface area contributed by atoms with Crippen molar-refractivity contribution >= 4 is 33.2 Å². The summed E-state index contributed by atoms with van der Waals surface area (Å²) in [5.74, 6) is 0.501. The van der Waals surface area contributed by atoms with Crippen LogP contribution in [0.1, 0.15) is 29.8 Å². The summed E-state index contributed by atoms with van der Waals surface area (Å²) in [4.78, 5) is 12.8. The Balaban J connectivity index is 1.73. The predicted molar refractivity (Wildman–Crippen MR) is 129 cm³/mol. The second-order valence-electron chi connectivity index (χ2n) is 7.50. The molecule has 0 spiro atoms. The average Bonchev–Trinajstić information content (AvgIpc) is 2.78. The molecule has 3 aromatic rings. The molecule has 1 amide bonds. The van der Waals surface area contributed by atoms with E-state index in [0.717, 1.165) is 5.56 Å². The summed E-state index contributed by atoms with van der Waals surface area (Å²) in [5, 5.41) is 3.33. The summed E-state index contributed by atoms with van der Waals surface area (Å²) in [6, 6.07) is 18.0. The number of sulfonamides is 1. The molecule has 0 bridgehead atoms. The molecule has 0 aliphatic carbocycles. The molecule has 33 heavy (non-hydrogen) atoms. The number of carbonyl (C=O) groups excluding carboxylic acids is 1. The van der Waals surface area contributed by atoms with Crippen LogP contribution in [-0.4, -0.2) is 27.5 Å². The van der Waals surface area contributed by atoms with Gasteiger partial charge in [-0.05, 0) is 62.4 Å². The molecule has 3 aromatic carbocycles. The van der Waals surface area contributed by atoms with Crippen molar-refractivity contribution in [3.05, 3.63) is 82.9 Å². The highest BCUT2D eigenvalue weighted by atomic mass is 35.5. The number of methoxy groups -OCH3 is 1. The Hall–Kier alpha value is -3.07. The molecule has 0 radical (unpaired) electrons. The lowest BCUT2D eigenvalue weighted by Gasteiger charge is -2.14. The first kappa shape index (κ1) is 24.6. The monoisotopic (exact) mass is 488 g/mol. The number of carbonyl (C=O) groups is 1. The van der Waals surface area contributed by atoms with Crippen molar-refractivity contribution in [2.24, 2.45) is 0 Å². The van der Waals surface area contributed by atoms with Gasteiger partial charge in [0.1, 0.15) is 18.1 Å². The minimum Gasteiger partial charge on any atom is -0.495 e. The van der Waals surface area contributed by atoms with Crippen molar-refractivity contribution in [3.63, 3.8) is 0 Å². The van der Waals surface area contributed by atoms with E-state index in [1.54, 1.807) is 44.2 Å². The van der Waals surface area contributed by atoms with Gasteiger partial charge in [0.15, 0.2) is 0 Å². The second kappa shape index (κ2) is 10.7. The van der Waals surface area contributed by atoms with Gasteiger partial charge in [0.05, 0.1) is 17.7 Å². The summed E-state index contributed by atoms with van der Waals surface area (Å²) in [7, 11) is -2.29. The van der Waals surface area contributed by atoms with Crippen LogP contribution in [0.15, 0.2) is 71.6 Å². The molecule has 0 aromatic heterocycles. The van der Waals surface area contributed by atoms with E-state index in [2.05, 4.69) is 10.0 Å². The third-order valence-corrected chi connectivity index (χ3v) is 6.61. The fourth-order valence-electron chi connectivity index (χ4n) is 3.00. The normalized spacial score (nSPS) is 11.3. The Morgan fingerprint density at radius 3 is 2.36 bits per heavy atom. The van der Waals surface area contributed by atoms with Crippen molar-refractivity contribution < 1.29 is 22.7 Å². The molecule has 7 nitrogen and oxygen atoms in total. The molecule has 0 saturated heterocycles. The largest absolute Gasteiger partial charge is 0.495 e. The van der Waals surface area contributed by atoms with Crippen LogP contribution in [0.2, 0.25) is 5.02 Å². The number of benzene rings is 3. The van der Waals surface area contributed by atoms with Gasteiger partial charge in [-0.3, -0.25) is 4.79 Å². The van der Waals surface area contributed by atoms with Gasteiger partial charge in [-0.25, -0.2) is 13.1 Å². The fourth-order valence-corrected chi connectivity index (χ4v) is 4.47. The van der Waals surface area contributed by atoms with Gasteiger partial charge in [-0.1, -0.05) is 29.8 Å². The molecule has 2 N–H and O–H groups in total. The topological polar surface area (TPSA) is 93.7 Å². The zero-order valence-corrected chi connectivity index (χ0v) is 20.0. The number of amides is 1. The van der Waals surface area contributed by atoms with E-state index in [1.165, 1.54) is 25.3 Å². The van der Waals surface area contributed by atoms with Gasteiger partial charge in [0.25, 0.3) is 5.91 Å². The first-order valence-electron chi connectivity index (χ1n) is 10.2. The number of hydrogen-bond acceptors (Lipinski definition) is 5. The van der Waals surface area contributed by atoms with Gasteiger partial charge >= 0.3 is 0 Å². The van der Waals surface area contributed by atoms with Crippen molar-refractivity contribution in [2.75, 3.05) is 12.4 Å². The van der Waals surface area contributed by atoms with Crippen LogP contribution in [-0.2, 0) is 16.6 Å². The molecule has 0 aliphatic heterocycles. The molecule has 0 heterocycles. The SMILES string of the molecule is COc1ccc(S(=O)(=O)NC(C)C)cc1NC(=O)c1ccc(OCc2ccccc2Cl)cc1. The zero-order valence-electron chi connectivity index (χ0n) is 18.5. The zero-order chi connectivity index (χ0) is 24.0. The molecule has 0 saturated carbocycles. The predicted octanol–water partition coefficient (Wildman–Crippen LogP) is 4.87. The Bertz CT molecular complexity index is 1230. The molecule has 0 atom stereocenters. The molecular weight excluding hydrogens is 464 g/mol. The van der Waals surface area contributed by atoms with Crippen LogP contribution >= 0.6 is 11.6 Å². The Labute approximate surface area is 198 Å². The van der Waals surface area contributed by atoms with Crippen molar-refractivity contribution in [1.82, 2.24) is 4.72 Å². The van der Waals surface area contributed by atoms with Crippen LogP contribution in [0.4, 0.5) is 5.69 Å². The maximum atomic E-state index is 12.8. The quantitative estimate of drug-likeness (QED) is 0.448. The van der Waals surface area contributed by atoms with E-state index in [-0.39, 0.29) is 16.6 Å². The summed E-state index contributed by atoms with van der Waals surface area (Å²) in [6.07, 6.45) is 0. The fraction of sp³-hybridized carbons (Fsp3) is 0.208. The van der Waals surface area contributed by atoms with E-state index < -0.39 is 15.9 Å². The third-order valence-electron chi connectivity index (χ3n) is 4.59. The molecular formula is C24H25ClN2O5S. The highest BCUT2D eigenvalue weighted by Gasteiger charge is 2.19. The van der Waals surface area contributed by atoms with Crippen LogP contribution < -0.4 is 19.5 Å². The van der Waals surface area contributed by atoms with Gasteiger partial charge < -0.3 is 14.8 Å².